The van der Waals surface area contributed by atoms with Crippen molar-refractivity contribution < 1.29 is 0 Å². The van der Waals surface area contributed by atoms with Gasteiger partial charge in [-0.15, -0.1) is 0 Å². The first-order valence-electron chi connectivity index (χ1n) is 5.17. The van der Waals surface area contributed by atoms with Crippen LogP contribution in [-0.2, 0) is 6.54 Å². The second kappa shape index (κ2) is 4.45. The van der Waals surface area contributed by atoms with Gasteiger partial charge >= 0.3 is 0 Å². The lowest BCUT2D eigenvalue weighted by Crippen LogP contribution is -2.01. The summed E-state index contributed by atoms with van der Waals surface area (Å²) >= 11 is 0. The molecule has 1 aromatic heterocycles. The Bertz CT molecular complexity index is 250. The Kier molecular flexibility index (Phi) is 3.52. The van der Waals surface area contributed by atoms with E-state index in [1.165, 1.54) is 5.56 Å². The fourth-order valence-corrected chi connectivity index (χ4v) is 1.35. The van der Waals surface area contributed by atoms with Crippen molar-refractivity contribution in [3.8, 4) is 0 Å². The van der Waals surface area contributed by atoms with Gasteiger partial charge in [0.2, 0.25) is 0 Å². The molecule has 0 spiro atoms. The molecule has 1 atom stereocenters. The van der Waals surface area contributed by atoms with E-state index in [1.54, 1.807) is 0 Å². The summed E-state index contributed by atoms with van der Waals surface area (Å²) in [5.74, 6) is 1.31. The molecule has 1 aromatic rings. The SMILES string of the molecule is CCCn1cc(C(C)C(C)C)cn1. The molecule has 2 heteroatoms. The fraction of sp³-hybridized carbons (Fsp3) is 0.727. The lowest BCUT2D eigenvalue weighted by atomic mass is 9.93. The molecule has 0 N–H and O–H groups in total. The molecule has 13 heavy (non-hydrogen) atoms. The molecule has 1 heterocycles. The van der Waals surface area contributed by atoms with Crippen LogP contribution in [-0.4, -0.2) is 9.78 Å². The molecule has 0 aliphatic rings. The van der Waals surface area contributed by atoms with Crippen molar-refractivity contribution in [1.82, 2.24) is 9.78 Å². The van der Waals surface area contributed by atoms with Crippen molar-refractivity contribution in [2.75, 3.05) is 0 Å². The van der Waals surface area contributed by atoms with E-state index in [-0.39, 0.29) is 0 Å². The van der Waals surface area contributed by atoms with Gasteiger partial charge in [-0.3, -0.25) is 4.68 Å². The Morgan fingerprint density at radius 1 is 1.38 bits per heavy atom. The van der Waals surface area contributed by atoms with Gasteiger partial charge in [-0.2, -0.15) is 5.10 Å². The molecule has 0 fully saturated rings. The van der Waals surface area contributed by atoms with Crippen molar-refractivity contribution in [2.24, 2.45) is 5.92 Å². The number of nitrogens with zero attached hydrogens (tertiary/aromatic N) is 2. The molecule has 0 saturated heterocycles. The van der Waals surface area contributed by atoms with Crippen LogP contribution >= 0.6 is 0 Å². The highest BCUT2D eigenvalue weighted by molar-refractivity contribution is 5.10. The number of aromatic nitrogens is 2. The molecule has 0 saturated carbocycles. The van der Waals surface area contributed by atoms with E-state index in [4.69, 9.17) is 0 Å². The molecule has 2 nitrogen and oxygen atoms in total. The third-order valence-corrected chi connectivity index (χ3v) is 2.63. The number of hydrogen-bond acceptors (Lipinski definition) is 1. The Labute approximate surface area is 81.0 Å². The highest BCUT2D eigenvalue weighted by Crippen LogP contribution is 2.22. The normalized spacial score (nSPS) is 13.6. The molecule has 1 unspecified atom stereocenters. The van der Waals surface area contributed by atoms with Crippen LogP contribution in [0, 0.1) is 5.92 Å². The molecule has 0 aromatic carbocycles. The van der Waals surface area contributed by atoms with Crippen LogP contribution < -0.4 is 0 Å². The van der Waals surface area contributed by atoms with Crippen molar-refractivity contribution in [1.29, 1.82) is 0 Å². The van der Waals surface area contributed by atoms with Gasteiger partial charge in [0, 0.05) is 12.7 Å². The average molecular weight is 180 g/mol. The quantitative estimate of drug-likeness (QED) is 0.696. The first-order valence-corrected chi connectivity index (χ1v) is 5.17. The van der Waals surface area contributed by atoms with E-state index in [2.05, 4.69) is 39.0 Å². The zero-order valence-electron chi connectivity index (χ0n) is 9.12. The highest BCUT2D eigenvalue weighted by atomic mass is 15.3. The molecular weight excluding hydrogens is 160 g/mol. The van der Waals surface area contributed by atoms with E-state index in [1.807, 2.05) is 10.9 Å². The van der Waals surface area contributed by atoms with Crippen LogP contribution in [0.1, 0.15) is 45.6 Å². The molecule has 74 valence electrons. The smallest absolute Gasteiger partial charge is 0.0524 e. The van der Waals surface area contributed by atoms with Crippen molar-refractivity contribution in [3.63, 3.8) is 0 Å². The zero-order chi connectivity index (χ0) is 9.84. The predicted octanol–water partition coefficient (Wildman–Crippen LogP) is 3.05. The number of hydrogen-bond donors (Lipinski definition) is 0. The van der Waals surface area contributed by atoms with Crippen LogP contribution in [0.15, 0.2) is 12.4 Å². The van der Waals surface area contributed by atoms with Crippen molar-refractivity contribution in [3.05, 3.63) is 18.0 Å². The Hall–Kier alpha value is -0.790. The lowest BCUT2D eigenvalue weighted by Gasteiger charge is -2.12. The molecule has 0 radical (unpaired) electrons. The van der Waals surface area contributed by atoms with Crippen LogP contribution in [0.4, 0.5) is 0 Å². The van der Waals surface area contributed by atoms with Gasteiger partial charge in [0.15, 0.2) is 0 Å². The topological polar surface area (TPSA) is 17.8 Å². The average Bonchev–Trinajstić information content (AvgIpc) is 2.52. The molecule has 0 amide bonds. The standard InChI is InChI=1S/C11H20N2/c1-5-6-13-8-11(7-12-13)10(4)9(2)3/h7-10H,5-6H2,1-4H3. The van der Waals surface area contributed by atoms with Gasteiger partial charge in [-0.25, -0.2) is 0 Å². The van der Waals surface area contributed by atoms with Gasteiger partial charge in [0.25, 0.3) is 0 Å². The minimum absolute atomic E-state index is 0.616. The minimum Gasteiger partial charge on any atom is -0.272 e. The number of rotatable bonds is 4. The summed E-state index contributed by atoms with van der Waals surface area (Å²) in [6.07, 6.45) is 5.33. The maximum atomic E-state index is 4.33. The van der Waals surface area contributed by atoms with Gasteiger partial charge < -0.3 is 0 Å². The van der Waals surface area contributed by atoms with E-state index in [0.29, 0.717) is 11.8 Å². The van der Waals surface area contributed by atoms with Crippen LogP contribution in [0.5, 0.6) is 0 Å². The van der Waals surface area contributed by atoms with Crippen molar-refractivity contribution in [2.45, 2.75) is 46.6 Å². The Morgan fingerprint density at radius 3 is 2.62 bits per heavy atom. The molecule has 1 rings (SSSR count). The highest BCUT2D eigenvalue weighted by Gasteiger charge is 2.11. The summed E-state index contributed by atoms with van der Waals surface area (Å²) < 4.78 is 2.04. The maximum absolute atomic E-state index is 4.33. The van der Waals surface area contributed by atoms with Crippen LogP contribution in [0.3, 0.4) is 0 Å². The lowest BCUT2D eigenvalue weighted by molar-refractivity contribution is 0.533. The van der Waals surface area contributed by atoms with Crippen molar-refractivity contribution >= 4 is 0 Å². The third kappa shape index (κ3) is 2.58. The Morgan fingerprint density at radius 2 is 2.08 bits per heavy atom. The minimum atomic E-state index is 0.616. The summed E-state index contributed by atoms with van der Waals surface area (Å²) in [5, 5.41) is 4.33. The summed E-state index contributed by atoms with van der Waals surface area (Å²) in [7, 11) is 0. The van der Waals surface area contributed by atoms with E-state index >= 15 is 0 Å². The Balaban J connectivity index is 2.67. The van der Waals surface area contributed by atoms with Gasteiger partial charge in [-0.1, -0.05) is 27.7 Å². The van der Waals surface area contributed by atoms with E-state index in [9.17, 15) is 0 Å². The zero-order valence-corrected chi connectivity index (χ0v) is 9.12. The van der Waals surface area contributed by atoms with Crippen LogP contribution in [0.2, 0.25) is 0 Å². The second-order valence-corrected chi connectivity index (χ2v) is 4.07. The second-order valence-electron chi connectivity index (χ2n) is 4.07. The van der Waals surface area contributed by atoms with E-state index < -0.39 is 0 Å². The summed E-state index contributed by atoms with van der Waals surface area (Å²) in [6.45, 7) is 9.97. The maximum Gasteiger partial charge on any atom is 0.0524 e. The van der Waals surface area contributed by atoms with Gasteiger partial charge in [0.1, 0.15) is 0 Å². The molecule has 0 aliphatic heterocycles. The first kappa shape index (κ1) is 10.3. The van der Waals surface area contributed by atoms with Gasteiger partial charge in [-0.05, 0) is 23.8 Å². The van der Waals surface area contributed by atoms with E-state index in [0.717, 1.165) is 13.0 Å². The third-order valence-electron chi connectivity index (χ3n) is 2.63. The summed E-state index contributed by atoms with van der Waals surface area (Å²) in [4.78, 5) is 0. The fourth-order valence-electron chi connectivity index (χ4n) is 1.35. The summed E-state index contributed by atoms with van der Waals surface area (Å²) in [6, 6.07) is 0. The molecule has 0 aliphatic carbocycles. The first-order chi connectivity index (χ1) is 6.15. The number of aryl methyl sites for hydroxylation is 1. The molecule has 0 bridgehead atoms. The molecular formula is C11H20N2. The van der Waals surface area contributed by atoms with Gasteiger partial charge in [0.05, 0.1) is 6.20 Å². The largest absolute Gasteiger partial charge is 0.272 e. The summed E-state index contributed by atoms with van der Waals surface area (Å²) in [5.41, 5.74) is 1.36. The predicted molar refractivity (Wildman–Crippen MR) is 55.8 cm³/mol. The monoisotopic (exact) mass is 180 g/mol. The van der Waals surface area contributed by atoms with Crippen LogP contribution in [0.25, 0.3) is 0 Å².